The van der Waals surface area contributed by atoms with Crippen molar-refractivity contribution >= 4 is 18.7 Å². The number of rotatable bonds is 10. The lowest BCUT2D eigenvalue weighted by Crippen LogP contribution is -2.68. The van der Waals surface area contributed by atoms with E-state index in [1.807, 2.05) is 0 Å². The SMILES string of the molecule is CC[C@H](CC[C@@H](C)[C@H]1CC[C@H]2[C@@H]3CC=C4C[C@@H](O[Si](c5ccccc5)(c5ccccc5)C(C)(C)C)CC[C@]4(C)[C@H]3CC[C@]12C)C(C)C. The molecule has 3 fully saturated rings. The van der Waals surface area contributed by atoms with Crippen molar-refractivity contribution < 1.29 is 4.43 Å². The van der Waals surface area contributed by atoms with Crippen LogP contribution >= 0.6 is 0 Å². The zero-order valence-corrected chi connectivity index (χ0v) is 32.7. The molecule has 0 bridgehead atoms. The summed E-state index contributed by atoms with van der Waals surface area (Å²) in [5.74, 6) is 6.17. The molecule has 258 valence electrons. The summed E-state index contributed by atoms with van der Waals surface area (Å²) in [7, 11) is -2.55. The van der Waals surface area contributed by atoms with E-state index in [1.54, 1.807) is 5.57 Å². The van der Waals surface area contributed by atoms with Crippen LogP contribution in [0.5, 0.6) is 0 Å². The van der Waals surface area contributed by atoms with Crippen LogP contribution in [-0.4, -0.2) is 14.4 Å². The molecule has 0 heterocycles. The first-order chi connectivity index (χ1) is 22.3. The van der Waals surface area contributed by atoms with E-state index in [-0.39, 0.29) is 5.04 Å². The molecule has 2 aromatic rings. The standard InChI is InChI=1S/C45H68OSi/c1-10-34(32(2)3)22-21-33(4)40-25-26-41-39-24-23-35-31-36(27-29-44(35,8)42(39)28-30-45(40,41)9)46-47(43(5,6)7,37-17-13-11-14-18-37)38-19-15-12-16-20-38/h11-20,23,32-34,36,39-42H,10,21-22,24-31H2,1-9H3/t33-,34-,36+,39+,40-,41+,42+,44+,45-/m1/s1. The molecule has 4 aliphatic carbocycles. The molecule has 0 amide bonds. The Kier molecular flexibility index (Phi) is 10.2. The molecule has 0 unspecified atom stereocenters. The van der Waals surface area contributed by atoms with Crippen LogP contribution in [0, 0.1) is 52.3 Å². The van der Waals surface area contributed by atoms with E-state index in [9.17, 15) is 0 Å². The fraction of sp³-hybridized carbons (Fsp3) is 0.689. The van der Waals surface area contributed by atoms with Gasteiger partial charge >= 0.3 is 0 Å². The summed E-state index contributed by atoms with van der Waals surface area (Å²) in [6.45, 7) is 22.6. The molecule has 4 aliphatic rings. The van der Waals surface area contributed by atoms with Gasteiger partial charge in [0, 0.05) is 6.10 Å². The quantitative estimate of drug-likeness (QED) is 0.183. The molecule has 1 nitrogen and oxygen atoms in total. The van der Waals surface area contributed by atoms with Crippen LogP contribution in [0.2, 0.25) is 5.04 Å². The third kappa shape index (κ3) is 6.19. The highest BCUT2D eigenvalue weighted by Crippen LogP contribution is 2.67. The van der Waals surface area contributed by atoms with Crippen LogP contribution in [0.4, 0.5) is 0 Å². The van der Waals surface area contributed by atoms with Gasteiger partial charge in [-0.1, -0.05) is 147 Å². The van der Waals surface area contributed by atoms with Crippen molar-refractivity contribution in [3.05, 3.63) is 72.3 Å². The molecule has 0 aromatic heterocycles. The Bertz CT molecular complexity index is 1320. The van der Waals surface area contributed by atoms with Gasteiger partial charge in [0.2, 0.25) is 0 Å². The molecule has 3 saturated carbocycles. The fourth-order valence-electron chi connectivity index (χ4n) is 12.3. The molecule has 2 aromatic carbocycles. The maximum atomic E-state index is 7.73. The lowest BCUT2D eigenvalue weighted by Gasteiger charge is -2.59. The molecular formula is C45H68OSi. The number of hydrogen-bond acceptors (Lipinski definition) is 1. The molecule has 0 radical (unpaired) electrons. The Morgan fingerprint density at radius 2 is 1.45 bits per heavy atom. The van der Waals surface area contributed by atoms with Gasteiger partial charge in [-0.05, 0) is 125 Å². The smallest absolute Gasteiger partial charge is 0.261 e. The summed E-state index contributed by atoms with van der Waals surface area (Å²) in [6, 6.07) is 22.6. The molecule has 0 N–H and O–H groups in total. The van der Waals surface area contributed by atoms with Crippen molar-refractivity contribution in [2.75, 3.05) is 0 Å². The predicted molar refractivity (Wildman–Crippen MR) is 205 cm³/mol. The zero-order valence-electron chi connectivity index (χ0n) is 31.7. The Hall–Kier alpha value is -1.64. The second kappa shape index (κ2) is 13.6. The van der Waals surface area contributed by atoms with Crippen LogP contribution in [0.25, 0.3) is 0 Å². The molecule has 0 spiro atoms. The highest BCUT2D eigenvalue weighted by molar-refractivity contribution is 6.99. The second-order valence-electron chi connectivity index (χ2n) is 18.6. The monoisotopic (exact) mass is 653 g/mol. The predicted octanol–water partition coefficient (Wildman–Crippen LogP) is 11.6. The minimum absolute atomic E-state index is 0.0265. The molecule has 0 saturated heterocycles. The summed E-state index contributed by atoms with van der Waals surface area (Å²) in [5, 5.41) is 2.85. The Labute approximate surface area is 290 Å². The van der Waals surface area contributed by atoms with Gasteiger partial charge in [0.25, 0.3) is 8.32 Å². The number of benzene rings is 2. The largest absolute Gasteiger partial charge is 0.404 e. The van der Waals surface area contributed by atoms with Gasteiger partial charge in [0.15, 0.2) is 0 Å². The average Bonchev–Trinajstić information content (AvgIpc) is 3.41. The van der Waals surface area contributed by atoms with Crippen LogP contribution in [0.15, 0.2) is 72.3 Å². The molecule has 6 rings (SSSR count). The third-order valence-corrected chi connectivity index (χ3v) is 20.1. The zero-order chi connectivity index (χ0) is 33.6. The van der Waals surface area contributed by atoms with E-state index in [1.165, 1.54) is 74.6 Å². The second-order valence-corrected chi connectivity index (χ2v) is 22.9. The molecule has 0 aliphatic heterocycles. The highest BCUT2D eigenvalue weighted by Gasteiger charge is 2.60. The van der Waals surface area contributed by atoms with Gasteiger partial charge in [-0.15, -0.1) is 0 Å². The van der Waals surface area contributed by atoms with Crippen LogP contribution in [0.1, 0.15) is 133 Å². The van der Waals surface area contributed by atoms with Crippen LogP contribution in [0.3, 0.4) is 0 Å². The van der Waals surface area contributed by atoms with Gasteiger partial charge in [-0.25, -0.2) is 0 Å². The molecule has 47 heavy (non-hydrogen) atoms. The molecule has 2 heteroatoms. The Balaban J connectivity index is 1.21. The molecule has 9 atom stereocenters. The lowest BCUT2D eigenvalue weighted by molar-refractivity contribution is -0.0566. The van der Waals surface area contributed by atoms with E-state index in [0.717, 1.165) is 47.8 Å². The van der Waals surface area contributed by atoms with Crippen molar-refractivity contribution in [3.8, 4) is 0 Å². The van der Waals surface area contributed by atoms with Crippen molar-refractivity contribution in [3.63, 3.8) is 0 Å². The Morgan fingerprint density at radius 1 is 0.809 bits per heavy atom. The van der Waals surface area contributed by atoms with Gasteiger partial charge in [0.1, 0.15) is 0 Å². The highest BCUT2D eigenvalue weighted by atomic mass is 28.4. The number of hydrogen-bond donors (Lipinski definition) is 0. The third-order valence-electron chi connectivity index (χ3n) is 15.0. The van der Waals surface area contributed by atoms with E-state index in [2.05, 4.69) is 129 Å². The van der Waals surface area contributed by atoms with E-state index >= 15 is 0 Å². The summed E-state index contributed by atoms with van der Waals surface area (Å²) < 4.78 is 7.73. The first kappa shape index (κ1) is 35.2. The van der Waals surface area contributed by atoms with Crippen molar-refractivity contribution in [1.82, 2.24) is 0 Å². The number of allylic oxidation sites excluding steroid dienone is 1. The van der Waals surface area contributed by atoms with E-state index in [0.29, 0.717) is 16.9 Å². The van der Waals surface area contributed by atoms with Gasteiger partial charge in [-0.3, -0.25) is 0 Å². The van der Waals surface area contributed by atoms with E-state index in [4.69, 9.17) is 4.43 Å². The fourth-order valence-corrected chi connectivity index (χ4v) is 17.0. The summed E-state index contributed by atoms with van der Waals surface area (Å²) in [4.78, 5) is 0. The maximum absolute atomic E-state index is 7.73. The normalized spacial score (nSPS) is 33.8. The summed E-state index contributed by atoms with van der Waals surface area (Å²) >= 11 is 0. The van der Waals surface area contributed by atoms with Crippen molar-refractivity contribution in [2.45, 2.75) is 144 Å². The average molecular weight is 653 g/mol. The van der Waals surface area contributed by atoms with Gasteiger partial charge < -0.3 is 4.43 Å². The maximum Gasteiger partial charge on any atom is 0.261 e. The molecular weight excluding hydrogens is 585 g/mol. The lowest BCUT2D eigenvalue weighted by atomic mass is 9.47. The minimum Gasteiger partial charge on any atom is -0.404 e. The van der Waals surface area contributed by atoms with Crippen LogP contribution < -0.4 is 10.4 Å². The van der Waals surface area contributed by atoms with Gasteiger partial charge in [0.05, 0.1) is 0 Å². The number of fused-ring (bicyclic) bond motifs is 5. The summed E-state index contributed by atoms with van der Waals surface area (Å²) in [5.41, 5.74) is 2.65. The Morgan fingerprint density at radius 3 is 2.02 bits per heavy atom. The first-order valence-electron chi connectivity index (χ1n) is 19.8. The van der Waals surface area contributed by atoms with Crippen LogP contribution in [-0.2, 0) is 4.43 Å². The summed E-state index contributed by atoms with van der Waals surface area (Å²) in [6.07, 6.45) is 18.0. The van der Waals surface area contributed by atoms with Crippen molar-refractivity contribution in [2.24, 2.45) is 52.3 Å². The van der Waals surface area contributed by atoms with Gasteiger partial charge in [-0.2, -0.15) is 0 Å². The van der Waals surface area contributed by atoms with Crippen molar-refractivity contribution in [1.29, 1.82) is 0 Å². The van der Waals surface area contributed by atoms with E-state index < -0.39 is 8.32 Å². The topological polar surface area (TPSA) is 9.23 Å². The minimum atomic E-state index is -2.55. The first-order valence-corrected chi connectivity index (χ1v) is 21.7.